The minimum atomic E-state index is -3.43. The van der Waals surface area contributed by atoms with Gasteiger partial charge in [-0.05, 0) is 48.0 Å². The molecule has 0 spiro atoms. The molecule has 2 heterocycles. The van der Waals surface area contributed by atoms with Crippen LogP contribution in [0.1, 0.15) is 21.5 Å². The third-order valence-electron chi connectivity index (χ3n) is 4.70. The summed E-state index contributed by atoms with van der Waals surface area (Å²) in [7, 11) is -3.43. The van der Waals surface area contributed by atoms with E-state index in [1.807, 2.05) is 6.07 Å². The third kappa shape index (κ3) is 4.97. The lowest BCUT2D eigenvalue weighted by Crippen LogP contribution is -2.23. The van der Waals surface area contributed by atoms with Crippen molar-refractivity contribution in [2.24, 2.45) is 0 Å². The standard InChI is InChI=1S/C22H17FN6O3S/c1-33(31,32)28-21-7-2-14(11-25-21)12-26-22(30)18-8-15(10-24)9-20-19(18)13-27-29(20)17-5-3-16(23)4-6-17/h2-9,11,13H,12H2,1H3,(H,25,28)(H,26,30). The number of carbonyl (C=O) groups is 1. The molecule has 0 radical (unpaired) electrons. The SMILES string of the molecule is CS(=O)(=O)Nc1ccc(CNC(=O)c2cc(C#N)cc3c2cnn3-c2ccc(F)cc2)cn1. The van der Waals surface area contributed by atoms with Crippen LogP contribution in [-0.4, -0.2) is 35.3 Å². The molecule has 0 atom stereocenters. The van der Waals surface area contributed by atoms with Crippen molar-refractivity contribution in [1.29, 1.82) is 5.26 Å². The predicted molar refractivity (Wildman–Crippen MR) is 120 cm³/mol. The maximum absolute atomic E-state index is 13.3. The fourth-order valence-electron chi connectivity index (χ4n) is 3.22. The number of fused-ring (bicyclic) bond motifs is 1. The molecule has 1 amide bonds. The number of carbonyl (C=O) groups excluding carboxylic acids is 1. The van der Waals surface area contributed by atoms with Gasteiger partial charge in [0.15, 0.2) is 0 Å². The molecule has 2 N–H and O–H groups in total. The summed E-state index contributed by atoms with van der Waals surface area (Å²) >= 11 is 0. The van der Waals surface area contributed by atoms with Crippen LogP contribution < -0.4 is 10.0 Å². The number of amides is 1. The lowest BCUT2D eigenvalue weighted by atomic mass is 10.1. The maximum Gasteiger partial charge on any atom is 0.252 e. The number of nitrogens with one attached hydrogen (secondary N) is 2. The minimum Gasteiger partial charge on any atom is -0.348 e. The number of rotatable bonds is 6. The van der Waals surface area contributed by atoms with Gasteiger partial charge in [-0.15, -0.1) is 0 Å². The van der Waals surface area contributed by atoms with E-state index in [9.17, 15) is 22.9 Å². The highest BCUT2D eigenvalue weighted by molar-refractivity contribution is 7.92. The maximum atomic E-state index is 13.3. The first kappa shape index (κ1) is 21.9. The van der Waals surface area contributed by atoms with Gasteiger partial charge in [0.2, 0.25) is 10.0 Å². The van der Waals surface area contributed by atoms with E-state index in [2.05, 4.69) is 20.1 Å². The third-order valence-corrected chi connectivity index (χ3v) is 5.28. The van der Waals surface area contributed by atoms with Crippen LogP contribution in [0, 0.1) is 17.1 Å². The Kier molecular flexibility index (Phi) is 5.76. The van der Waals surface area contributed by atoms with Crippen LogP contribution in [0.3, 0.4) is 0 Å². The van der Waals surface area contributed by atoms with E-state index in [1.54, 1.807) is 24.3 Å². The Morgan fingerprint density at radius 3 is 2.55 bits per heavy atom. The number of hydrogen-bond acceptors (Lipinski definition) is 6. The van der Waals surface area contributed by atoms with Crippen molar-refractivity contribution >= 4 is 32.7 Å². The van der Waals surface area contributed by atoms with E-state index in [1.165, 1.54) is 41.3 Å². The van der Waals surface area contributed by atoms with Crippen molar-refractivity contribution in [1.82, 2.24) is 20.1 Å². The summed E-state index contributed by atoms with van der Waals surface area (Å²) in [6.07, 6.45) is 3.99. The molecule has 0 fully saturated rings. The Bertz CT molecular complexity index is 1490. The summed E-state index contributed by atoms with van der Waals surface area (Å²) in [4.78, 5) is 16.9. The molecule has 0 aliphatic carbocycles. The Morgan fingerprint density at radius 1 is 1.15 bits per heavy atom. The zero-order chi connectivity index (χ0) is 23.6. The molecule has 0 bridgehead atoms. The van der Waals surface area contributed by atoms with Crippen LogP contribution >= 0.6 is 0 Å². The van der Waals surface area contributed by atoms with Gasteiger partial charge in [-0.2, -0.15) is 10.4 Å². The molecule has 11 heteroatoms. The van der Waals surface area contributed by atoms with E-state index in [0.717, 1.165) is 6.26 Å². The van der Waals surface area contributed by atoms with E-state index in [4.69, 9.17) is 0 Å². The second-order valence-electron chi connectivity index (χ2n) is 7.21. The molecule has 4 rings (SSSR count). The number of aromatic nitrogens is 3. The van der Waals surface area contributed by atoms with Gasteiger partial charge in [0.05, 0.1) is 40.9 Å². The van der Waals surface area contributed by atoms with E-state index < -0.39 is 15.9 Å². The van der Waals surface area contributed by atoms with Gasteiger partial charge in [0, 0.05) is 18.1 Å². The highest BCUT2D eigenvalue weighted by Gasteiger charge is 2.16. The highest BCUT2D eigenvalue weighted by Crippen LogP contribution is 2.24. The molecule has 2 aromatic heterocycles. The van der Waals surface area contributed by atoms with Gasteiger partial charge in [-0.3, -0.25) is 9.52 Å². The lowest BCUT2D eigenvalue weighted by molar-refractivity contribution is 0.0952. The first-order chi connectivity index (χ1) is 15.7. The number of sulfonamides is 1. The molecule has 0 saturated carbocycles. The average Bonchev–Trinajstić information content (AvgIpc) is 3.21. The molecule has 33 heavy (non-hydrogen) atoms. The molecule has 9 nitrogen and oxygen atoms in total. The molecule has 0 aliphatic rings. The molecular formula is C22H17FN6O3S. The largest absolute Gasteiger partial charge is 0.348 e. The summed E-state index contributed by atoms with van der Waals surface area (Å²) in [6.45, 7) is 0.134. The molecular weight excluding hydrogens is 447 g/mol. The van der Waals surface area contributed by atoms with Crippen LogP contribution in [0.5, 0.6) is 0 Å². The number of pyridine rings is 1. The normalized spacial score (nSPS) is 11.2. The van der Waals surface area contributed by atoms with Gasteiger partial charge in [0.1, 0.15) is 11.6 Å². The zero-order valence-electron chi connectivity index (χ0n) is 17.3. The fraction of sp³-hybridized carbons (Fsp3) is 0.0909. The summed E-state index contributed by atoms with van der Waals surface area (Å²) in [5.74, 6) is -0.638. The fourth-order valence-corrected chi connectivity index (χ4v) is 3.72. The van der Waals surface area contributed by atoms with Crippen LogP contribution in [-0.2, 0) is 16.6 Å². The Hall–Kier alpha value is -4.30. The van der Waals surface area contributed by atoms with Gasteiger partial charge >= 0.3 is 0 Å². The average molecular weight is 464 g/mol. The van der Waals surface area contributed by atoms with Crippen LogP contribution in [0.25, 0.3) is 16.6 Å². The number of benzene rings is 2. The van der Waals surface area contributed by atoms with Crippen LogP contribution in [0.4, 0.5) is 10.2 Å². The molecule has 166 valence electrons. The monoisotopic (exact) mass is 464 g/mol. The first-order valence-corrected chi connectivity index (χ1v) is 11.5. The van der Waals surface area contributed by atoms with Gasteiger partial charge < -0.3 is 5.32 Å². The van der Waals surface area contributed by atoms with Crippen molar-refractivity contribution in [2.75, 3.05) is 11.0 Å². The van der Waals surface area contributed by atoms with E-state index in [0.29, 0.717) is 22.2 Å². The smallest absolute Gasteiger partial charge is 0.252 e. The van der Waals surface area contributed by atoms with Gasteiger partial charge in [0.25, 0.3) is 5.91 Å². The zero-order valence-corrected chi connectivity index (χ0v) is 18.1. The highest BCUT2D eigenvalue weighted by atomic mass is 32.2. The predicted octanol–water partition coefficient (Wildman–Crippen LogP) is 2.73. The Balaban J connectivity index is 1.59. The Morgan fingerprint density at radius 2 is 1.91 bits per heavy atom. The molecule has 0 aliphatic heterocycles. The number of anilines is 1. The number of halogens is 1. The van der Waals surface area contributed by atoms with Crippen molar-refractivity contribution in [3.05, 3.63) is 83.4 Å². The summed E-state index contributed by atoms with van der Waals surface area (Å²) < 4.78 is 39.6. The summed E-state index contributed by atoms with van der Waals surface area (Å²) in [6, 6.07) is 14.0. The van der Waals surface area contributed by atoms with Crippen LogP contribution in [0.15, 0.2) is 60.9 Å². The summed E-state index contributed by atoms with van der Waals surface area (Å²) in [5.41, 5.74) is 2.30. The summed E-state index contributed by atoms with van der Waals surface area (Å²) in [5, 5.41) is 17.0. The minimum absolute atomic E-state index is 0.134. The quantitative estimate of drug-likeness (QED) is 0.451. The first-order valence-electron chi connectivity index (χ1n) is 9.62. The van der Waals surface area contributed by atoms with Crippen molar-refractivity contribution in [2.45, 2.75) is 6.54 Å². The second-order valence-corrected chi connectivity index (χ2v) is 8.96. The number of nitriles is 1. The van der Waals surface area contributed by atoms with Crippen molar-refractivity contribution in [3.63, 3.8) is 0 Å². The Labute approximate surface area is 188 Å². The van der Waals surface area contributed by atoms with Crippen molar-refractivity contribution in [3.8, 4) is 11.8 Å². The second kappa shape index (κ2) is 8.68. The van der Waals surface area contributed by atoms with Gasteiger partial charge in [-0.25, -0.2) is 22.5 Å². The van der Waals surface area contributed by atoms with E-state index in [-0.39, 0.29) is 29.3 Å². The molecule has 0 unspecified atom stereocenters. The lowest BCUT2D eigenvalue weighted by Gasteiger charge is -2.09. The number of nitrogens with zero attached hydrogens (tertiary/aromatic N) is 4. The number of hydrogen-bond donors (Lipinski definition) is 2. The molecule has 0 saturated heterocycles. The van der Waals surface area contributed by atoms with Gasteiger partial charge in [-0.1, -0.05) is 6.07 Å². The molecule has 4 aromatic rings. The van der Waals surface area contributed by atoms with E-state index >= 15 is 0 Å². The topological polar surface area (TPSA) is 130 Å². The molecule has 2 aromatic carbocycles. The van der Waals surface area contributed by atoms with Crippen LogP contribution in [0.2, 0.25) is 0 Å². The van der Waals surface area contributed by atoms with Crippen molar-refractivity contribution < 1.29 is 17.6 Å².